The van der Waals surface area contributed by atoms with E-state index >= 15 is 0 Å². The Kier molecular flexibility index (Phi) is 5.94. The molecule has 0 radical (unpaired) electrons. The molecule has 0 amide bonds. The first-order chi connectivity index (χ1) is 10.1. The molecule has 7 nitrogen and oxygen atoms in total. The molecule has 0 saturated carbocycles. The van der Waals surface area contributed by atoms with Crippen LogP contribution in [0.3, 0.4) is 0 Å². The van der Waals surface area contributed by atoms with E-state index in [2.05, 4.69) is 11.9 Å². The van der Waals surface area contributed by atoms with E-state index in [1.807, 2.05) is 0 Å². The van der Waals surface area contributed by atoms with E-state index in [0.29, 0.717) is 0 Å². The summed E-state index contributed by atoms with van der Waals surface area (Å²) in [6, 6.07) is 1.23. The van der Waals surface area contributed by atoms with Gasteiger partial charge in [0.05, 0.1) is 18.0 Å². The van der Waals surface area contributed by atoms with E-state index in [4.69, 9.17) is 4.74 Å². The Morgan fingerprint density at radius 3 is 2.86 bits per heavy atom. The largest absolute Gasteiger partial charge is 0.394 e. The lowest BCUT2D eigenvalue weighted by Gasteiger charge is -2.20. The maximum atomic E-state index is 11.9. The smallest absolute Gasteiger partial charge is 0.330 e. The first-order valence-electron chi connectivity index (χ1n) is 6.62. The lowest BCUT2D eigenvalue weighted by molar-refractivity contribution is -0.0457. The van der Waals surface area contributed by atoms with Crippen LogP contribution in [0.25, 0.3) is 0 Å². The summed E-state index contributed by atoms with van der Waals surface area (Å²) in [5.41, 5.74) is -1.08. The standard InChI is InChI=1S/C12H18N2O5S2/c1-2-5-20-21-10-9(17)7(6-15)19-11(10)14-4-3-8(16)13-12(14)18/h3-4,7,9-11,15,17H,2,5-6H2,1H3,(H,13,16,18)/t7-,9-,10-,11-/m1/s1. The van der Waals surface area contributed by atoms with Crippen molar-refractivity contribution >= 4 is 21.6 Å². The second kappa shape index (κ2) is 7.50. The van der Waals surface area contributed by atoms with Crippen molar-refractivity contribution in [3.05, 3.63) is 33.1 Å². The van der Waals surface area contributed by atoms with Gasteiger partial charge in [0.25, 0.3) is 5.56 Å². The van der Waals surface area contributed by atoms with Crippen molar-refractivity contribution in [1.29, 1.82) is 0 Å². The quantitative estimate of drug-likeness (QED) is 0.495. The van der Waals surface area contributed by atoms with E-state index in [9.17, 15) is 19.8 Å². The highest BCUT2D eigenvalue weighted by Crippen LogP contribution is 2.42. The van der Waals surface area contributed by atoms with Crippen molar-refractivity contribution in [2.75, 3.05) is 12.4 Å². The molecule has 1 aromatic rings. The summed E-state index contributed by atoms with van der Waals surface area (Å²) in [6.07, 6.45) is -0.0118. The van der Waals surface area contributed by atoms with Crippen molar-refractivity contribution in [2.24, 2.45) is 0 Å². The molecule has 0 bridgehead atoms. The zero-order valence-corrected chi connectivity index (χ0v) is 13.1. The van der Waals surface area contributed by atoms with Gasteiger partial charge in [-0.1, -0.05) is 28.5 Å². The van der Waals surface area contributed by atoms with E-state index in [-0.39, 0.29) is 6.61 Å². The molecule has 0 aromatic carbocycles. The van der Waals surface area contributed by atoms with Crippen LogP contribution in [0, 0.1) is 0 Å². The van der Waals surface area contributed by atoms with Gasteiger partial charge in [-0.15, -0.1) is 0 Å². The molecule has 2 rings (SSSR count). The second-order valence-corrected chi connectivity index (χ2v) is 7.30. The molecular formula is C12H18N2O5S2. The van der Waals surface area contributed by atoms with Gasteiger partial charge in [-0.05, 0) is 6.42 Å². The summed E-state index contributed by atoms with van der Waals surface area (Å²) < 4.78 is 6.82. The van der Waals surface area contributed by atoms with Crippen molar-refractivity contribution in [2.45, 2.75) is 37.0 Å². The molecule has 1 saturated heterocycles. The molecule has 0 aliphatic carbocycles. The summed E-state index contributed by atoms with van der Waals surface area (Å²) in [5, 5.41) is 19.1. The van der Waals surface area contributed by atoms with Crippen LogP contribution < -0.4 is 11.2 Å². The fraction of sp³-hybridized carbons (Fsp3) is 0.667. The second-order valence-electron chi connectivity index (χ2n) is 4.64. The normalized spacial score (nSPS) is 28.9. The van der Waals surface area contributed by atoms with Crippen LogP contribution in [-0.2, 0) is 4.74 Å². The molecule has 0 spiro atoms. The summed E-state index contributed by atoms with van der Waals surface area (Å²) >= 11 is 0. The monoisotopic (exact) mass is 334 g/mol. The summed E-state index contributed by atoms with van der Waals surface area (Å²) in [6.45, 7) is 1.72. The van der Waals surface area contributed by atoms with E-state index in [0.717, 1.165) is 12.2 Å². The van der Waals surface area contributed by atoms with Crippen LogP contribution in [0.1, 0.15) is 19.6 Å². The lowest BCUT2D eigenvalue weighted by Crippen LogP contribution is -2.36. The minimum Gasteiger partial charge on any atom is -0.394 e. The van der Waals surface area contributed by atoms with Gasteiger partial charge < -0.3 is 14.9 Å². The Labute approximate surface area is 129 Å². The fourth-order valence-corrected chi connectivity index (χ4v) is 4.92. The van der Waals surface area contributed by atoms with Crippen LogP contribution in [0.4, 0.5) is 0 Å². The maximum Gasteiger partial charge on any atom is 0.330 e. The van der Waals surface area contributed by atoms with Crippen LogP contribution in [0.2, 0.25) is 0 Å². The Bertz CT molecular complexity index is 575. The maximum absolute atomic E-state index is 11.9. The number of nitrogens with one attached hydrogen (secondary N) is 1. The highest BCUT2D eigenvalue weighted by atomic mass is 33.1. The minimum absolute atomic E-state index is 0.328. The number of aliphatic hydroxyl groups is 2. The van der Waals surface area contributed by atoms with Crippen molar-refractivity contribution in [3.8, 4) is 0 Å². The predicted octanol–water partition coefficient (Wildman–Crippen LogP) is -0.0528. The number of H-pyrrole nitrogens is 1. The number of nitrogens with zero attached hydrogens (tertiary/aromatic N) is 1. The minimum atomic E-state index is -0.881. The third-order valence-corrected chi connectivity index (χ3v) is 6.10. The van der Waals surface area contributed by atoms with Crippen LogP contribution in [0.15, 0.2) is 21.9 Å². The zero-order valence-electron chi connectivity index (χ0n) is 11.5. The van der Waals surface area contributed by atoms with Crippen molar-refractivity contribution in [1.82, 2.24) is 9.55 Å². The number of aliphatic hydroxyl groups excluding tert-OH is 2. The molecule has 3 N–H and O–H groups in total. The summed E-state index contributed by atoms with van der Waals surface area (Å²) in [4.78, 5) is 25.2. The van der Waals surface area contributed by atoms with Gasteiger partial charge >= 0.3 is 5.69 Å². The molecule has 1 aliphatic rings. The molecule has 9 heteroatoms. The molecule has 118 valence electrons. The summed E-state index contributed by atoms with van der Waals surface area (Å²) in [5.74, 6) is 0.908. The fourth-order valence-electron chi connectivity index (χ4n) is 2.03. The molecule has 0 unspecified atom stereocenters. The number of aromatic nitrogens is 2. The average Bonchev–Trinajstić information content (AvgIpc) is 2.76. The van der Waals surface area contributed by atoms with Gasteiger partial charge in [-0.25, -0.2) is 4.79 Å². The number of rotatable bonds is 6. The topological polar surface area (TPSA) is 105 Å². The SMILES string of the molecule is CCCSS[C@@H]1[C@H](O)[C@@H](CO)O[C@H]1n1ccc(=O)[nH]c1=O. The van der Waals surface area contributed by atoms with Crippen molar-refractivity contribution < 1.29 is 14.9 Å². The molecule has 4 atom stereocenters. The van der Waals surface area contributed by atoms with Gasteiger partial charge in [-0.3, -0.25) is 14.3 Å². The highest BCUT2D eigenvalue weighted by molar-refractivity contribution is 8.77. The Hall–Kier alpha value is -0.740. The average molecular weight is 334 g/mol. The van der Waals surface area contributed by atoms with Crippen LogP contribution in [-0.4, -0.2) is 49.6 Å². The van der Waals surface area contributed by atoms with E-state index in [1.54, 1.807) is 10.8 Å². The van der Waals surface area contributed by atoms with Gasteiger partial charge in [0.1, 0.15) is 6.10 Å². The first-order valence-corrected chi connectivity index (χ1v) is 9.00. The lowest BCUT2D eigenvalue weighted by atomic mass is 10.2. The van der Waals surface area contributed by atoms with Crippen LogP contribution in [0.5, 0.6) is 0 Å². The van der Waals surface area contributed by atoms with Gasteiger partial charge in [0.2, 0.25) is 0 Å². The molecule has 1 aliphatic heterocycles. The highest BCUT2D eigenvalue weighted by Gasteiger charge is 2.45. The van der Waals surface area contributed by atoms with Gasteiger partial charge in [-0.2, -0.15) is 0 Å². The van der Waals surface area contributed by atoms with Gasteiger partial charge in [0, 0.05) is 18.0 Å². The van der Waals surface area contributed by atoms with Gasteiger partial charge in [0.15, 0.2) is 6.23 Å². The third-order valence-electron chi connectivity index (χ3n) is 3.08. The van der Waals surface area contributed by atoms with Crippen LogP contribution >= 0.6 is 21.6 Å². The Morgan fingerprint density at radius 1 is 1.48 bits per heavy atom. The van der Waals surface area contributed by atoms with E-state index in [1.165, 1.54) is 27.6 Å². The van der Waals surface area contributed by atoms with Crippen molar-refractivity contribution in [3.63, 3.8) is 0 Å². The first kappa shape index (κ1) is 16.6. The summed E-state index contributed by atoms with van der Waals surface area (Å²) in [7, 11) is 3.01. The third kappa shape index (κ3) is 3.72. The van der Waals surface area contributed by atoms with E-state index < -0.39 is 34.9 Å². The molecule has 1 fully saturated rings. The molecular weight excluding hydrogens is 316 g/mol. The number of aromatic amines is 1. The zero-order chi connectivity index (χ0) is 15.4. The Balaban J connectivity index is 2.25. The number of ether oxygens (including phenoxy) is 1. The predicted molar refractivity (Wildman–Crippen MR) is 82.5 cm³/mol. The number of hydrogen-bond donors (Lipinski definition) is 3. The molecule has 1 aromatic heterocycles. The number of hydrogen-bond acceptors (Lipinski definition) is 7. The molecule has 2 heterocycles. The molecule has 21 heavy (non-hydrogen) atoms. The Morgan fingerprint density at radius 2 is 2.24 bits per heavy atom.